The minimum absolute atomic E-state index is 0.561. The van der Waals surface area contributed by atoms with E-state index in [0.717, 1.165) is 27.9 Å². The molecule has 1 heterocycles. The molecule has 1 aromatic heterocycles. The molecule has 0 N–H and O–H groups in total. The van der Waals surface area contributed by atoms with Gasteiger partial charge in [-0.15, -0.1) is 0 Å². The van der Waals surface area contributed by atoms with Crippen LogP contribution in [0.15, 0.2) is 54.6 Å². The van der Waals surface area contributed by atoms with E-state index in [4.69, 9.17) is 4.74 Å². The molecule has 3 heteroatoms. The van der Waals surface area contributed by atoms with E-state index in [1.165, 1.54) is 3.57 Å². The number of halogens is 1. The summed E-state index contributed by atoms with van der Waals surface area (Å²) in [5, 5.41) is 1.11. The van der Waals surface area contributed by atoms with Crippen LogP contribution >= 0.6 is 22.6 Å². The van der Waals surface area contributed by atoms with Crippen LogP contribution in [0, 0.1) is 10.5 Å². The zero-order valence-electron chi connectivity index (χ0n) is 11.1. The number of aromatic nitrogens is 1. The van der Waals surface area contributed by atoms with Crippen LogP contribution in [0.4, 0.5) is 0 Å². The molecule has 100 valence electrons. The topological polar surface area (TPSA) is 22.1 Å². The van der Waals surface area contributed by atoms with E-state index in [1.54, 1.807) is 0 Å². The van der Waals surface area contributed by atoms with Gasteiger partial charge in [-0.2, -0.15) is 0 Å². The monoisotopic (exact) mass is 375 g/mol. The van der Waals surface area contributed by atoms with Crippen molar-refractivity contribution in [1.29, 1.82) is 0 Å². The molecule has 0 aliphatic rings. The Bertz CT molecular complexity index is 738. The van der Waals surface area contributed by atoms with Crippen molar-refractivity contribution in [3.63, 3.8) is 0 Å². The molecule has 2 nitrogen and oxygen atoms in total. The smallest absolute Gasteiger partial charge is 0.146 e. The van der Waals surface area contributed by atoms with Gasteiger partial charge in [-0.3, -0.25) is 0 Å². The van der Waals surface area contributed by atoms with Gasteiger partial charge in [0.2, 0.25) is 0 Å². The van der Waals surface area contributed by atoms with Crippen molar-refractivity contribution >= 4 is 33.5 Å². The fraction of sp³-hybridized carbons (Fsp3) is 0.118. The van der Waals surface area contributed by atoms with Crippen molar-refractivity contribution in [2.75, 3.05) is 0 Å². The summed E-state index contributed by atoms with van der Waals surface area (Å²) in [6, 6.07) is 18.5. The molecule has 0 aliphatic carbocycles. The van der Waals surface area contributed by atoms with Gasteiger partial charge in [-0.25, -0.2) is 4.98 Å². The van der Waals surface area contributed by atoms with Gasteiger partial charge in [0, 0.05) is 14.7 Å². The Hall–Kier alpha value is -1.62. The summed E-state index contributed by atoms with van der Waals surface area (Å²) < 4.78 is 7.17. The average Bonchev–Trinajstić information content (AvgIpc) is 2.47. The second-order valence-corrected chi connectivity index (χ2v) is 5.94. The first-order chi connectivity index (χ1) is 9.72. The largest absolute Gasteiger partial charge is 0.487 e. The number of benzene rings is 2. The van der Waals surface area contributed by atoms with Crippen LogP contribution in [-0.4, -0.2) is 4.98 Å². The van der Waals surface area contributed by atoms with Gasteiger partial charge in [0.1, 0.15) is 17.9 Å². The third kappa shape index (κ3) is 2.93. The lowest BCUT2D eigenvalue weighted by Crippen LogP contribution is -1.97. The Morgan fingerprint density at radius 2 is 1.80 bits per heavy atom. The summed E-state index contributed by atoms with van der Waals surface area (Å²) in [5.41, 5.74) is 3.09. The molecule has 3 aromatic rings. The number of hydrogen-bond acceptors (Lipinski definition) is 2. The Kier molecular flexibility index (Phi) is 3.87. The fourth-order valence-electron chi connectivity index (χ4n) is 2.08. The van der Waals surface area contributed by atoms with Crippen LogP contribution in [0.1, 0.15) is 11.3 Å². The van der Waals surface area contributed by atoms with Crippen LogP contribution in [0.5, 0.6) is 5.75 Å². The van der Waals surface area contributed by atoms with Gasteiger partial charge < -0.3 is 4.74 Å². The summed E-state index contributed by atoms with van der Waals surface area (Å²) in [6.45, 7) is 2.56. The summed E-state index contributed by atoms with van der Waals surface area (Å²) in [5.74, 6) is 0.838. The number of rotatable bonds is 3. The number of pyridine rings is 1. The van der Waals surface area contributed by atoms with E-state index in [-0.39, 0.29) is 0 Å². The standard InChI is InChI=1S/C17H14INO/c1-12-5-8-14-3-2-4-16(17(14)19-12)20-11-13-6-9-15(18)10-7-13/h2-10H,11H2,1H3. The quantitative estimate of drug-likeness (QED) is 0.618. The van der Waals surface area contributed by atoms with Crippen molar-refractivity contribution in [3.05, 3.63) is 69.4 Å². The van der Waals surface area contributed by atoms with E-state index >= 15 is 0 Å². The highest BCUT2D eigenvalue weighted by Crippen LogP contribution is 2.24. The molecule has 0 amide bonds. The minimum Gasteiger partial charge on any atom is -0.487 e. The molecule has 0 fully saturated rings. The van der Waals surface area contributed by atoms with E-state index in [9.17, 15) is 0 Å². The van der Waals surface area contributed by atoms with Gasteiger partial charge in [0.05, 0.1) is 0 Å². The van der Waals surface area contributed by atoms with Crippen molar-refractivity contribution < 1.29 is 4.74 Å². The van der Waals surface area contributed by atoms with Crippen molar-refractivity contribution in [2.24, 2.45) is 0 Å². The zero-order chi connectivity index (χ0) is 13.9. The highest BCUT2D eigenvalue weighted by atomic mass is 127. The average molecular weight is 375 g/mol. The van der Waals surface area contributed by atoms with E-state index in [0.29, 0.717) is 6.61 Å². The summed E-state index contributed by atoms with van der Waals surface area (Å²) >= 11 is 2.30. The lowest BCUT2D eigenvalue weighted by atomic mass is 10.2. The molecular formula is C17H14INO. The maximum Gasteiger partial charge on any atom is 0.146 e. The maximum atomic E-state index is 5.94. The Balaban J connectivity index is 1.87. The second kappa shape index (κ2) is 5.79. The molecule has 0 saturated carbocycles. The zero-order valence-corrected chi connectivity index (χ0v) is 13.3. The molecule has 0 saturated heterocycles. The highest BCUT2D eigenvalue weighted by molar-refractivity contribution is 14.1. The Labute approximate surface area is 131 Å². The maximum absolute atomic E-state index is 5.94. The van der Waals surface area contributed by atoms with Gasteiger partial charge in [-0.1, -0.05) is 30.3 Å². The number of aryl methyl sites for hydroxylation is 1. The van der Waals surface area contributed by atoms with Gasteiger partial charge in [0.25, 0.3) is 0 Å². The Morgan fingerprint density at radius 1 is 1.00 bits per heavy atom. The molecule has 3 rings (SSSR count). The molecule has 0 radical (unpaired) electrons. The van der Waals surface area contributed by atoms with Crippen LogP contribution in [0.3, 0.4) is 0 Å². The van der Waals surface area contributed by atoms with Gasteiger partial charge in [-0.05, 0) is 59.3 Å². The minimum atomic E-state index is 0.561. The molecule has 0 bridgehead atoms. The van der Waals surface area contributed by atoms with Gasteiger partial charge in [0.15, 0.2) is 0 Å². The SMILES string of the molecule is Cc1ccc2cccc(OCc3ccc(I)cc3)c2n1. The van der Waals surface area contributed by atoms with Crippen molar-refractivity contribution in [2.45, 2.75) is 13.5 Å². The number of nitrogens with zero attached hydrogens (tertiary/aromatic N) is 1. The molecule has 20 heavy (non-hydrogen) atoms. The molecule has 0 unspecified atom stereocenters. The number of para-hydroxylation sites is 1. The van der Waals surface area contributed by atoms with E-state index < -0.39 is 0 Å². The van der Waals surface area contributed by atoms with Crippen LogP contribution in [0.2, 0.25) is 0 Å². The summed E-state index contributed by atoms with van der Waals surface area (Å²) in [6.07, 6.45) is 0. The van der Waals surface area contributed by atoms with Gasteiger partial charge >= 0.3 is 0 Å². The number of fused-ring (bicyclic) bond motifs is 1. The van der Waals surface area contributed by atoms with Crippen molar-refractivity contribution in [1.82, 2.24) is 4.98 Å². The van der Waals surface area contributed by atoms with Crippen molar-refractivity contribution in [3.8, 4) is 5.75 Å². The lowest BCUT2D eigenvalue weighted by Gasteiger charge is -2.09. The molecular weight excluding hydrogens is 361 g/mol. The molecule has 0 spiro atoms. The molecule has 2 aromatic carbocycles. The third-order valence-electron chi connectivity index (χ3n) is 3.13. The normalized spacial score (nSPS) is 10.7. The number of hydrogen-bond donors (Lipinski definition) is 0. The first-order valence-corrected chi connectivity index (χ1v) is 7.54. The van der Waals surface area contributed by atoms with E-state index in [1.807, 2.05) is 25.1 Å². The summed E-state index contributed by atoms with van der Waals surface area (Å²) in [4.78, 5) is 4.58. The fourth-order valence-corrected chi connectivity index (χ4v) is 2.44. The molecule has 0 aliphatic heterocycles. The third-order valence-corrected chi connectivity index (χ3v) is 3.85. The summed E-state index contributed by atoms with van der Waals surface area (Å²) in [7, 11) is 0. The predicted molar refractivity (Wildman–Crippen MR) is 90.0 cm³/mol. The van der Waals surface area contributed by atoms with Crippen LogP contribution in [-0.2, 0) is 6.61 Å². The van der Waals surface area contributed by atoms with Crippen LogP contribution in [0.25, 0.3) is 10.9 Å². The predicted octanol–water partition coefficient (Wildman–Crippen LogP) is 4.73. The first-order valence-electron chi connectivity index (χ1n) is 6.46. The molecule has 0 atom stereocenters. The lowest BCUT2D eigenvalue weighted by molar-refractivity contribution is 0.309. The van der Waals surface area contributed by atoms with Crippen LogP contribution < -0.4 is 4.74 Å². The number of ether oxygens (including phenoxy) is 1. The first kappa shape index (κ1) is 13.4. The van der Waals surface area contributed by atoms with E-state index in [2.05, 4.69) is 64.0 Å². The second-order valence-electron chi connectivity index (χ2n) is 4.70. The highest BCUT2D eigenvalue weighted by Gasteiger charge is 2.04. The Morgan fingerprint density at radius 3 is 2.60 bits per heavy atom.